The number of ether oxygens (including phenoxy) is 3. The Kier molecular flexibility index (Phi) is 7.64. The summed E-state index contributed by atoms with van der Waals surface area (Å²) in [6.07, 6.45) is 1.49. The summed E-state index contributed by atoms with van der Waals surface area (Å²) in [6, 6.07) is 19.4. The number of allylic oxidation sites excluding steroid dienone is 1. The summed E-state index contributed by atoms with van der Waals surface area (Å²) in [6.45, 7) is 3.78. The molecule has 41 heavy (non-hydrogen) atoms. The van der Waals surface area contributed by atoms with Crippen molar-refractivity contribution < 1.29 is 23.8 Å². The van der Waals surface area contributed by atoms with Crippen LogP contribution in [0.3, 0.4) is 0 Å². The normalized spacial score (nSPS) is 14.0. The molecule has 0 spiro atoms. The van der Waals surface area contributed by atoms with Gasteiger partial charge in [0, 0.05) is 11.4 Å². The maximum atomic E-state index is 13.9. The van der Waals surface area contributed by atoms with Crippen LogP contribution in [0, 0.1) is 6.92 Å². The van der Waals surface area contributed by atoms with Crippen LogP contribution in [0.25, 0.3) is 0 Å². The number of nitrogens with zero attached hydrogens (tertiary/aromatic N) is 2. The average Bonchev–Trinajstić information content (AvgIpc) is 3.41. The molecule has 0 fully saturated rings. The van der Waals surface area contributed by atoms with Crippen LogP contribution >= 0.6 is 0 Å². The largest absolute Gasteiger partial charge is 0.495 e. The van der Waals surface area contributed by atoms with Gasteiger partial charge >= 0.3 is 0 Å². The second kappa shape index (κ2) is 11.5. The van der Waals surface area contributed by atoms with Gasteiger partial charge in [-0.2, -0.15) is 5.10 Å². The highest BCUT2D eigenvalue weighted by molar-refractivity contribution is 6.09. The quantitative estimate of drug-likeness (QED) is 0.268. The minimum atomic E-state index is -0.693. The number of anilines is 3. The van der Waals surface area contributed by atoms with E-state index in [9.17, 15) is 9.59 Å². The SMILES string of the molecule is COc1ccccc1NC(=O)C1=C(C)Nc2c(C(=O)Nc3ccc(C)cc3)cnn2C1c1ccc(OC)c(OC)c1. The third-order valence-electron chi connectivity index (χ3n) is 6.90. The number of carbonyl (C=O) groups is 2. The smallest absolute Gasteiger partial charge is 0.261 e. The zero-order chi connectivity index (χ0) is 29.1. The average molecular weight is 554 g/mol. The van der Waals surface area contributed by atoms with E-state index in [1.807, 2.05) is 49.4 Å². The fraction of sp³-hybridized carbons (Fsp3) is 0.194. The second-order valence-electron chi connectivity index (χ2n) is 9.51. The van der Waals surface area contributed by atoms with E-state index in [2.05, 4.69) is 21.0 Å². The van der Waals surface area contributed by atoms with Gasteiger partial charge in [0.25, 0.3) is 11.8 Å². The summed E-state index contributed by atoms with van der Waals surface area (Å²) in [5, 5.41) is 13.7. The molecule has 0 saturated heterocycles. The number of hydrogen-bond donors (Lipinski definition) is 3. The van der Waals surface area contributed by atoms with E-state index in [0.717, 1.165) is 5.56 Å². The summed E-state index contributed by atoms with van der Waals surface area (Å²) < 4.78 is 18.0. The van der Waals surface area contributed by atoms with E-state index >= 15 is 0 Å². The lowest BCUT2D eigenvalue weighted by Crippen LogP contribution is -2.32. The number of nitrogens with one attached hydrogen (secondary N) is 3. The van der Waals surface area contributed by atoms with Crippen molar-refractivity contribution in [1.82, 2.24) is 9.78 Å². The fourth-order valence-corrected chi connectivity index (χ4v) is 4.82. The minimum absolute atomic E-state index is 0.330. The monoisotopic (exact) mass is 553 g/mol. The van der Waals surface area contributed by atoms with Gasteiger partial charge in [0.05, 0.1) is 38.8 Å². The number of fused-ring (bicyclic) bond motifs is 1. The molecule has 1 atom stereocenters. The first kappa shape index (κ1) is 27.3. The Morgan fingerprint density at radius 1 is 0.829 bits per heavy atom. The van der Waals surface area contributed by atoms with Gasteiger partial charge in [-0.25, -0.2) is 4.68 Å². The van der Waals surface area contributed by atoms with Crippen molar-refractivity contribution in [2.75, 3.05) is 37.3 Å². The standard InChI is InChI=1S/C31H31N5O5/c1-18-10-13-21(14-11-18)34-30(37)22-17-32-36-28(20-12-15-25(40-4)26(16-20)41-5)27(19(2)33-29(22)36)31(38)35-23-8-6-7-9-24(23)39-3/h6-17,28,33H,1-5H3,(H,34,37)(H,35,38). The van der Waals surface area contributed by atoms with E-state index in [1.165, 1.54) is 6.20 Å². The number of hydrogen-bond acceptors (Lipinski definition) is 7. The molecule has 1 unspecified atom stereocenters. The first-order chi connectivity index (χ1) is 19.8. The van der Waals surface area contributed by atoms with Crippen LogP contribution in [0.4, 0.5) is 17.2 Å². The molecule has 1 aliphatic heterocycles. The topological polar surface area (TPSA) is 116 Å². The molecule has 3 aromatic carbocycles. The molecule has 5 rings (SSSR count). The molecule has 210 valence electrons. The van der Waals surface area contributed by atoms with Crippen molar-refractivity contribution >= 4 is 29.0 Å². The molecule has 0 radical (unpaired) electrons. The van der Waals surface area contributed by atoms with Crippen molar-refractivity contribution in [1.29, 1.82) is 0 Å². The molecule has 3 N–H and O–H groups in total. The van der Waals surface area contributed by atoms with Gasteiger partial charge in [-0.3, -0.25) is 9.59 Å². The maximum Gasteiger partial charge on any atom is 0.261 e. The summed E-state index contributed by atoms with van der Waals surface area (Å²) >= 11 is 0. The molecule has 1 aliphatic rings. The number of rotatable bonds is 8. The van der Waals surface area contributed by atoms with Gasteiger partial charge in [-0.15, -0.1) is 0 Å². The van der Waals surface area contributed by atoms with Crippen LogP contribution in [0.1, 0.15) is 34.5 Å². The zero-order valence-corrected chi connectivity index (χ0v) is 23.4. The van der Waals surface area contributed by atoms with E-state index < -0.39 is 6.04 Å². The molecule has 10 nitrogen and oxygen atoms in total. The number of amides is 2. The Morgan fingerprint density at radius 3 is 2.24 bits per heavy atom. The van der Waals surface area contributed by atoms with E-state index in [-0.39, 0.29) is 11.8 Å². The second-order valence-corrected chi connectivity index (χ2v) is 9.51. The molecule has 4 aromatic rings. The Hall–Kier alpha value is -5.25. The van der Waals surface area contributed by atoms with Gasteiger partial charge in [0.1, 0.15) is 23.2 Å². The van der Waals surface area contributed by atoms with Gasteiger partial charge in [0.2, 0.25) is 0 Å². The highest BCUT2D eigenvalue weighted by Crippen LogP contribution is 2.41. The predicted molar refractivity (Wildman–Crippen MR) is 157 cm³/mol. The number of aryl methyl sites for hydroxylation is 1. The summed E-state index contributed by atoms with van der Waals surface area (Å²) in [4.78, 5) is 27.2. The molecular formula is C31H31N5O5. The molecule has 0 aliphatic carbocycles. The van der Waals surface area contributed by atoms with Crippen molar-refractivity contribution in [3.8, 4) is 17.2 Å². The van der Waals surface area contributed by atoms with E-state index in [0.29, 0.717) is 56.8 Å². The Bertz CT molecular complexity index is 1640. The number of methoxy groups -OCH3 is 3. The van der Waals surface area contributed by atoms with Gasteiger partial charge < -0.3 is 30.2 Å². The third kappa shape index (κ3) is 5.31. The van der Waals surface area contributed by atoms with Gasteiger partial charge in [-0.1, -0.05) is 35.9 Å². The van der Waals surface area contributed by atoms with Crippen LogP contribution in [0.15, 0.2) is 84.2 Å². The molecule has 2 heterocycles. The molecular weight excluding hydrogens is 522 g/mol. The van der Waals surface area contributed by atoms with Crippen LogP contribution < -0.4 is 30.2 Å². The van der Waals surface area contributed by atoms with Gasteiger partial charge in [0.15, 0.2) is 11.5 Å². The number of aromatic nitrogens is 2. The fourth-order valence-electron chi connectivity index (χ4n) is 4.82. The molecule has 0 saturated carbocycles. The first-order valence-corrected chi connectivity index (χ1v) is 12.9. The minimum Gasteiger partial charge on any atom is -0.495 e. The maximum absolute atomic E-state index is 13.9. The summed E-state index contributed by atoms with van der Waals surface area (Å²) in [7, 11) is 4.65. The Labute approximate surface area is 237 Å². The van der Waals surface area contributed by atoms with E-state index in [1.54, 1.807) is 57.2 Å². The van der Waals surface area contributed by atoms with Gasteiger partial charge in [-0.05, 0) is 55.8 Å². The molecule has 0 bridgehead atoms. The van der Waals surface area contributed by atoms with Crippen molar-refractivity contribution in [2.45, 2.75) is 19.9 Å². The van der Waals surface area contributed by atoms with Crippen LogP contribution in [-0.2, 0) is 4.79 Å². The summed E-state index contributed by atoms with van der Waals surface area (Å²) in [5.74, 6) is 1.34. The highest BCUT2D eigenvalue weighted by atomic mass is 16.5. The Morgan fingerprint density at radius 2 is 1.54 bits per heavy atom. The van der Waals surface area contributed by atoms with Crippen molar-refractivity contribution in [2.24, 2.45) is 0 Å². The molecule has 10 heteroatoms. The van der Waals surface area contributed by atoms with Crippen molar-refractivity contribution in [3.63, 3.8) is 0 Å². The number of para-hydroxylation sites is 2. The first-order valence-electron chi connectivity index (χ1n) is 12.9. The lowest BCUT2D eigenvalue weighted by atomic mass is 9.94. The van der Waals surface area contributed by atoms with Crippen LogP contribution in [0.5, 0.6) is 17.2 Å². The highest BCUT2D eigenvalue weighted by Gasteiger charge is 2.36. The lowest BCUT2D eigenvalue weighted by molar-refractivity contribution is -0.113. The number of carbonyl (C=O) groups excluding carboxylic acids is 2. The number of benzene rings is 3. The van der Waals surface area contributed by atoms with Crippen molar-refractivity contribution in [3.05, 3.63) is 101 Å². The zero-order valence-electron chi connectivity index (χ0n) is 23.4. The Balaban J connectivity index is 1.58. The molecule has 2 amide bonds. The lowest BCUT2D eigenvalue weighted by Gasteiger charge is -2.30. The third-order valence-corrected chi connectivity index (χ3v) is 6.90. The van der Waals surface area contributed by atoms with E-state index in [4.69, 9.17) is 14.2 Å². The van der Waals surface area contributed by atoms with Crippen LogP contribution in [-0.4, -0.2) is 42.9 Å². The van der Waals surface area contributed by atoms with Crippen LogP contribution in [0.2, 0.25) is 0 Å². The summed E-state index contributed by atoms with van der Waals surface area (Å²) in [5.41, 5.74) is 4.29. The molecule has 1 aromatic heterocycles. The predicted octanol–water partition coefficient (Wildman–Crippen LogP) is 5.40.